The van der Waals surface area contributed by atoms with Crippen LogP contribution in [-0.2, 0) is 11.2 Å². The van der Waals surface area contributed by atoms with E-state index < -0.39 is 5.82 Å². The van der Waals surface area contributed by atoms with Gasteiger partial charge < -0.3 is 14.5 Å². The lowest BCUT2D eigenvalue weighted by molar-refractivity contribution is -0.135. The third-order valence-corrected chi connectivity index (χ3v) is 7.08. The van der Waals surface area contributed by atoms with Crippen LogP contribution in [0.1, 0.15) is 40.2 Å². The molecule has 0 fully saturated rings. The van der Waals surface area contributed by atoms with Gasteiger partial charge in [-0.05, 0) is 78.4 Å². The van der Waals surface area contributed by atoms with Gasteiger partial charge in [0.05, 0.1) is 6.04 Å². The molecule has 0 spiro atoms. The van der Waals surface area contributed by atoms with E-state index in [1.165, 1.54) is 34.0 Å². The molecular formula is C26H26ClFN2O3S. The van der Waals surface area contributed by atoms with Crippen molar-refractivity contribution in [1.29, 1.82) is 0 Å². The number of fused-ring (bicyclic) bond motifs is 1. The molecule has 178 valence electrons. The summed E-state index contributed by atoms with van der Waals surface area (Å²) < 4.78 is 19.3. The zero-order valence-corrected chi connectivity index (χ0v) is 20.4. The highest BCUT2D eigenvalue weighted by Gasteiger charge is 2.33. The van der Waals surface area contributed by atoms with Crippen LogP contribution < -0.4 is 4.74 Å². The number of ether oxygens (including phenoxy) is 1. The minimum atomic E-state index is -0.405. The maximum Gasteiger partial charge on any atom is 0.254 e. The van der Waals surface area contributed by atoms with Crippen molar-refractivity contribution in [2.45, 2.75) is 25.8 Å². The minimum absolute atomic E-state index is 0.0407. The van der Waals surface area contributed by atoms with Gasteiger partial charge in [-0.25, -0.2) is 4.39 Å². The molecule has 1 atom stereocenters. The molecule has 2 heterocycles. The quantitative estimate of drug-likeness (QED) is 0.404. The van der Waals surface area contributed by atoms with E-state index in [1.54, 1.807) is 35.6 Å². The standard InChI is InChI=1S/C26H26ClFN2O3S/c1-2-13-29(26(32)18-3-7-20(28)8-4-18)16-25(31)30-14-11-24-22(12-15-34-24)23(30)17-33-21-9-5-19(27)6-10-21/h3-10,12,15,23H,2,11,13-14,16-17H2,1H3. The zero-order valence-electron chi connectivity index (χ0n) is 18.9. The van der Waals surface area contributed by atoms with Gasteiger partial charge in [0.25, 0.3) is 5.91 Å². The molecule has 4 rings (SSSR count). The molecule has 0 saturated heterocycles. The van der Waals surface area contributed by atoms with Gasteiger partial charge in [-0.15, -0.1) is 11.3 Å². The third kappa shape index (κ3) is 5.59. The van der Waals surface area contributed by atoms with E-state index in [0.29, 0.717) is 42.5 Å². The lowest BCUT2D eigenvalue weighted by atomic mass is 10.0. The summed E-state index contributed by atoms with van der Waals surface area (Å²) in [5.74, 6) is -0.140. The molecule has 0 radical (unpaired) electrons. The molecule has 8 heteroatoms. The Morgan fingerprint density at radius 3 is 2.59 bits per heavy atom. The summed E-state index contributed by atoms with van der Waals surface area (Å²) in [6, 6.07) is 14.3. The van der Waals surface area contributed by atoms with Gasteiger partial charge in [-0.1, -0.05) is 18.5 Å². The Morgan fingerprint density at radius 1 is 1.15 bits per heavy atom. The summed E-state index contributed by atoms with van der Waals surface area (Å²) in [6.07, 6.45) is 1.48. The number of nitrogens with zero attached hydrogens (tertiary/aromatic N) is 2. The van der Waals surface area contributed by atoms with E-state index in [-0.39, 0.29) is 24.4 Å². The second-order valence-corrected chi connectivity index (χ2v) is 9.59. The molecule has 0 aliphatic carbocycles. The molecule has 0 bridgehead atoms. The van der Waals surface area contributed by atoms with Crippen molar-refractivity contribution in [1.82, 2.24) is 9.80 Å². The van der Waals surface area contributed by atoms with Crippen LogP contribution in [0.4, 0.5) is 4.39 Å². The molecule has 1 aliphatic rings. The summed E-state index contributed by atoms with van der Waals surface area (Å²) in [7, 11) is 0. The van der Waals surface area contributed by atoms with E-state index in [9.17, 15) is 14.0 Å². The van der Waals surface area contributed by atoms with Crippen molar-refractivity contribution in [3.05, 3.63) is 86.8 Å². The summed E-state index contributed by atoms with van der Waals surface area (Å²) in [4.78, 5) is 31.1. The summed E-state index contributed by atoms with van der Waals surface area (Å²) in [5, 5.41) is 2.67. The van der Waals surface area contributed by atoms with Crippen LogP contribution in [-0.4, -0.2) is 47.9 Å². The van der Waals surface area contributed by atoms with Gasteiger partial charge in [-0.2, -0.15) is 0 Å². The van der Waals surface area contributed by atoms with Crippen molar-refractivity contribution >= 4 is 34.8 Å². The number of rotatable bonds is 8. The first-order chi connectivity index (χ1) is 16.5. The molecule has 1 aliphatic heterocycles. The Hall–Kier alpha value is -2.90. The first-order valence-corrected chi connectivity index (χ1v) is 12.5. The fourth-order valence-electron chi connectivity index (χ4n) is 4.13. The number of benzene rings is 2. The molecule has 5 nitrogen and oxygen atoms in total. The number of thiophene rings is 1. The van der Waals surface area contributed by atoms with E-state index in [0.717, 1.165) is 12.0 Å². The van der Waals surface area contributed by atoms with Crippen LogP contribution in [0.2, 0.25) is 5.02 Å². The molecular weight excluding hydrogens is 475 g/mol. The molecule has 1 unspecified atom stereocenters. The second-order valence-electron chi connectivity index (χ2n) is 8.15. The number of carbonyl (C=O) groups excluding carboxylic acids is 2. The average molecular weight is 501 g/mol. The molecule has 3 aromatic rings. The zero-order chi connectivity index (χ0) is 24.1. The van der Waals surface area contributed by atoms with Crippen LogP contribution in [0.25, 0.3) is 0 Å². The predicted molar refractivity (Wildman–Crippen MR) is 132 cm³/mol. The predicted octanol–water partition coefficient (Wildman–Crippen LogP) is 5.60. The Labute approximate surface area is 207 Å². The van der Waals surface area contributed by atoms with E-state index in [1.807, 2.05) is 23.3 Å². The van der Waals surface area contributed by atoms with Crippen molar-refractivity contribution in [3.8, 4) is 5.75 Å². The van der Waals surface area contributed by atoms with Crippen molar-refractivity contribution in [2.75, 3.05) is 26.2 Å². The topological polar surface area (TPSA) is 49.9 Å². The lowest BCUT2D eigenvalue weighted by Gasteiger charge is -2.37. The highest BCUT2D eigenvalue weighted by atomic mass is 35.5. The highest BCUT2D eigenvalue weighted by molar-refractivity contribution is 7.10. The van der Waals surface area contributed by atoms with Gasteiger partial charge in [0.2, 0.25) is 5.91 Å². The number of hydrogen-bond acceptors (Lipinski definition) is 4. The number of amides is 2. The van der Waals surface area contributed by atoms with Gasteiger partial charge in [0.15, 0.2) is 0 Å². The van der Waals surface area contributed by atoms with E-state index in [2.05, 4.69) is 0 Å². The molecule has 0 saturated carbocycles. The first kappa shape index (κ1) is 24.2. The number of halogens is 2. The van der Waals surface area contributed by atoms with Gasteiger partial charge in [-0.3, -0.25) is 9.59 Å². The molecule has 2 amide bonds. The fraction of sp³-hybridized carbons (Fsp3) is 0.308. The molecule has 0 N–H and O–H groups in total. The van der Waals surface area contributed by atoms with Crippen molar-refractivity contribution < 1.29 is 18.7 Å². The van der Waals surface area contributed by atoms with E-state index in [4.69, 9.17) is 16.3 Å². The number of hydrogen-bond donors (Lipinski definition) is 0. The molecule has 1 aromatic heterocycles. The molecule has 2 aromatic carbocycles. The smallest absolute Gasteiger partial charge is 0.254 e. The lowest BCUT2D eigenvalue weighted by Crippen LogP contribution is -2.48. The maximum atomic E-state index is 13.5. The largest absolute Gasteiger partial charge is 0.491 e. The monoisotopic (exact) mass is 500 g/mol. The Morgan fingerprint density at radius 2 is 1.88 bits per heavy atom. The summed E-state index contributed by atoms with van der Waals surface area (Å²) in [6.45, 7) is 3.21. The minimum Gasteiger partial charge on any atom is -0.491 e. The van der Waals surface area contributed by atoms with Crippen molar-refractivity contribution in [3.63, 3.8) is 0 Å². The van der Waals surface area contributed by atoms with Gasteiger partial charge in [0, 0.05) is 28.6 Å². The average Bonchev–Trinajstić information content (AvgIpc) is 3.32. The Bertz CT molecular complexity index is 1130. The van der Waals surface area contributed by atoms with Crippen LogP contribution in [0.3, 0.4) is 0 Å². The third-order valence-electron chi connectivity index (χ3n) is 5.83. The van der Waals surface area contributed by atoms with Crippen LogP contribution in [0.5, 0.6) is 5.75 Å². The fourth-order valence-corrected chi connectivity index (χ4v) is 5.19. The normalized spacial score (nSPS) is 15.0. The summed E-state index contributed by atoms with van der Waals surface area (Å²) in [5.41, 5.74) is 1.45. The van der Waals surface area contributed by atoms with E-state index >= 15 is 0 Å². The van der Waals surface area contributed by atoms with Crippen LogP contribution in [0, 0.1) is 5.82 Å². The first-order valence-electron chi connectivity index (χ1n) is 11.2. The maximum absolute atomic E-state index is 13.5. The van der Waals surface area contributed by atoms with Gasteiger partial charge >= 0.3 is 0 Å². The molecule has 34 heavy (non-hydrogen) atoms. The second kappa shape index (κ2) is 11.0. The Kier molecular flexibility index (Phi) is 7.85. The highest BCUT2D eigenvalue weighted by Crippen LogP contribution is 2.34. The van der Waals surface area contributed by atoms with Crippen LogP contribution >= 0.6 is 22.9 Å². The van der Waals surface area contributed by atoms with Gasteiger partial charge in [0.1, 0.15) is 24.7 Å². The van der Waals surface area contributed by atoms with Crippen LogP contribution in [0.15, 0.2) is 60.0 Å². The summed E-state index contributed by atoms with van der Waals surface area (Å²) >= 11 is 7.66. The van der Waals surface area contributed by atoms with Crippen molar-refractivity contribution in [2.24, 2.45) is 0 Å². The Balaban J connectivity index is 1.51. The number of carbonyl (C=O) groups is 2. The SMILES string of the molecule is CCCN(CC(=O)N1CCc2sccc2C1COc1ccc(Cl)cc1)C(=O)c1ccc(F)cc1.